The number of nitrogens with one attached hydrogen (secondary N) is 2. The first-order valence-corrected chi connectivity index (χ1v) is 9.85. The molecule has 0 fully saturated rings. The molecule has 32 heavy (non-hydrogen) atoms. The first kappa shape index (κ1) is 20.9. The van der Waals surface area contributed by atoms with Gasteiger partial charge >= 0.3 is 0 Å². The molecule has 0 spiro atoms. The van der Waals surface area contributed by atoms with Gasteiger partial charge in [-0.15, -0.1) is 0 Å². The molecule has 0 unspecified atom stereocenters. The molecule has 3 N–H and O–H groups in total. The van der Waals surface area contributed by atoms with E-state index in [2.05, 4.69) is 32.3 Å². The van der Waals surface area contributed by atoms with Gasteiger partial charge in [0, 0.05) is 29.5 Å². The zero-order chi connectivity index (χ0) is 22.5. The molecule has 10 heteroatoms. The van der Waals surface area contributed by atoms with Gasteiger partial charge < -0.3 is 15.7 Å². The minimum atomic E-state index is -0.310. The number of fused-ring (bicyclic) bond motifs is 1. The van der Waals surface area contributed by atoms with Crippen LogP contribution in [0.1, 0.15) is 5.56 Å². The van der Waals surface area contributed by atoms with Crippen LogP contribution >= 0.6 is 0 Å². The van der Waals surface area contributed by atoms with Crippen LogP contribution in [0.4, 0.5) is 17.3 Å². The second-order valence-corrected chi connectivity index (χ2v) is 6.96. The molecule has 3 aromatic heterocycles. The van der Waals surface area contributed by atoms with Gasteiger partial charge in [-0.1, -0.05) is 18.7 Å². The second-order valence-electron chi connectivity index (χ2n) is 6.96. The van der Waals surface area contributed by atoms with Crippen LogP contribution in [0.5, 0.6) is 0 Å². The van der Waals surface area contributed by atoms with Gasteiger partial charge in [0.1, 0.15) is 5.65 Å². The van der Waals surface area contributed by atoms with Crippen LogP contribution in [0, 0.1) is 0 Å². The number of anilines is 3. The quantitative estimate of drug-likeness (QED) is 0.364. The third-order valence-corrected chi connectivity index (χ3v) is 4.66. The summed E-state index contributed by atoms with van der Waals surface area (Å²) in [6.45, 7) is 4.08. The van der Waals surface area contributed by atoms with E-state index < -0.39 is 0 Å². The normalized spacial score (nSPS) is 10.8. The Hall–Kier alpha value is -4.31. The highest BCUT2D eigenvalue weighted by molar-refractivity contribution is 5.98. The second kappa shape index (κ2) is 9.23. The number of hydrogen-bond donors (Lipinski definition) is 3. The highest BCUT2D eigenvalue weighted by Gasteiger charge is 2.09. The van der Waals surface area contributed by atoms with E-state index in [0.29, 0.717) is 34.9 Å². The Morgan fingerprint density at radius 1 is 1.19 bits per heavy atom. The Morgan fingerprint density at radius 3 is 2.88 bits per heavy atom. The fraction of sp³-hybridized carbons (Fsp3) is 0.136. The number of benzene rings is 1. The monoisotopic (exact) mass is 431 g/mol. The molecule has 0 aliphatic rings. The zero-order valence-electron chi connectivity index (χ0n) is 17.1. The van der Waals surface area contributed by atoms with Crippen molar-refractivity contribution in [1.29, 1.82) is 0 Å². The summed E-state index contributed by atoms with van der Waals surface area (Å²) < 4.78 is 3.14. The topological polar surface area (TPSA) is 127 Å². The van der Waals surface area contributed by atoms with Crippen molar-refractivity contribution in [1.82, 2.24) is 24.3 Å². The number of carbonyl (C=O) groups excluding carboxylic acids is 1. The van der Waals surface area contributed by atoms with E-state index in [1.165, 1.54) is 12.1 Å². The molecule has 0 radical (unpaired) electrons. The summed E-state index contributed by atoms with van der Waals surface area (Å²) in [6.07, 6.45) is 6.16. The standard InChI is InChI=1S/C22H21N7O3/c1-2-19(31)25-17-5-3-4-15(10-17)13-29-20(32)7-6-16-11-23-22(27-21(16)29)26-18-12-24-28(14-18)8-9-30/h2-7,10-12,14,30H,1,8-9,13H2,(H,25,31)(H,23,26,27). The van der Waals surface area contributed by atoms with E-state index in [-0.39, 0.29) is 24.6 Å². The molecule has 0 saturated carbocycles. The number of carbonyl (C=O) groups is 1. The molecule has 1 amide bonds. The van der Waals surface area contributed by atoms with E-state index in [4.69, 9.17) is 5.11 Å². The lowest BCUT2D eigenvalue weighted by Crippen LogP contribution is -2.21. The van der Waals surface area contributed by atoms with Crippen LogP contribution < -0.4 is 16.2 Å². The lowest BCUT2D eigenvalue weighted by Gasteiger charge is -2.12. The smallest absolute Gasteiger partial charge is 0.252 e. The van der Waals surface area contributed by atoms with Crippen molar-refractivity contribution >= 4 is 34.3 Å². The van der Waals surface area contributed by atoms with Crippen molar-refractivity contribution in [2.45, 2.75) is 13.1 Å². The van der Waals surface area contributed by atoms with Gasteiger partial charge in [-0.05, 0) is 29.8 Å². The average Bonchev–Trinajstić information content (AvgIpc) is 3.23. The fourth-order valence-corrected chi connectivity index (χ4v) is 3.19. The number of amides is 1. The van der Waals surface area contributed by atoms with Crippen molar-refractivity contribution in [2.75, 3.05) is 17.2 Å². The Balaban J connectivity index is 1.65. The van der Waals surface area contributed by atoms with E-state index >= 15 is 0 Å². The SMILES string of the molecule is C=CC(=O)Nc1cccc(Cn2c(=O)ccc3cnc(Nc4cnn(CCO)c4)nc32)c1. The lowest BCUT2D eigenvalue weighted by molar-refractivity contribution is -0.111. The van der Waals surface area contributed by atoms with E-state index in [9.17, 15) is 9.59 Å². The van der Waals surface area contributed by atoms with Gasteiger partial charge in [0.25, 0.3) is 5.56 Å². The number of aromatic nitrogens is 5. The summed E-state index contributed by atoms with van der Waals surface area (Å²) >= 11 is 0. The summed E-state index contributed by atoms with van der Waals surface area (Å²) in [5.74, 6) is 0.00245. The maximum absolute atomic E-state index is 12.7. The predicted octanol–water partition coefficient (Wildman–Crippen LogP) is 1.90. The van der Waals surface area contributed by atoms with Gasteiger partial charge in [-0.3, -0.25) is 18.8 Å². The summed E-state index contributed by atoms with van der Waals surface area (Å²) in [6, 6.07) is 10.4. The van der Waals surface area contributed by atoms with E-state index in [1.807, 2.05) is 6.07 Å². The number of hydrogen-bond acceptors (Lipinski definition) is 7. The molecule has 4 aromatic rings. The van der Waals surface area contributed by atoms with Crippen LogP contribution in [0.25, 0.3) is 11.0 Å². The highest BCUT2D eigenvalue weighted by Crippen LogP contribution is 2.17. The Kier molecular flexibility index (Phi) is 6.04. The molecule has 0 atom stereocenters. The van der Waals surface area contributed by atoms with Gasteiger partial charge in [0.05, 0.1) is 31.6 Å². The Labute approximate surface area is 182 Å². The molecule has 10 nitrogen and oxygen atoms in total. The summed E-state index contributed by atoms with van der Waals surface area (Å²) in [5, 5.41) is 19.6. The first-order valence-electron chi connectivity index (χ1n) is 9.85. The van der Waals surface area contributed by atoms with Crippen LogP contribution in [-0.4, -0.2) is 41.9 Å². The van der Waals surface area contributed by atoms with E-state index in [0.717, 1.165) is 5.56 Å². The molecule has 0 saturated heterocycles. The van der Waals surface area contributed by atoms with Crippen molar-refractivity contribution in [2.24, 2.45) is 0 Å². The number of pyridine rings is 1. The molecular weight excluding hydrogens is 410 g/mol. The number of aliphatic hydroxyl groups is 1. The number of rotatable bonds is 8. The molecule has 3 heterocycles. The van der Waals surface area contributed by atoms with Crippen LogP contribution in [0.2, 0.25) is 0 Å². The van der Waals surface area contributed by atoms with E-state index in [1.54, 1.807) is 52.1 Å². The van der Waals surface area contributed by atoms with Gasteiger partial charge in [0.2, 0.25) is 11.9 Å². The van der Waals surface area contributed by atoms with Crippen molar-refractivity contribution in [3.8, 4) is 0 Å². The number of aliphatic hydroxyl groups excluding tert-OH is 1. The Bertz CT molecular complexity index is 1340. The van der Waals surface area contributed by atoms with Crippen molar-refractivity contribution < 1.29 is 9.90 Å². The lowest BCUT2D eigenvalue weighted by atomic mass is 10.2. The fourth-order valence-electron chi connectivity index (χ4n) is 3.19. The summed E-state index contributed by atoms with van der Waals surface area (Å²) in [4.78, 5) is 33.1. The molecular formula is C22H21N7O3. The first-order chi connectivity index (χ1) is 15.6. The maximum atomic E-state index is 12.7. The van der Waals surface area contributed by atoms with Crippen molar-refractivity contribution in [3.63, 3.8) is 0 Å². The Morgan fingerprint density at radius 2 is 2.06 bits per heavy atom. The summed E-state index contributed by atoms with van der Waals surface area (Å²) in [7, 11) is 0. The molecule has 0 bridgehead atoms. The van der Waals surface area contributed by atoms with Gasteiger partial charge in [0.15, 0.2) is 0 Å². The maximum Gasteiger partial charge on any atom is 0.252 e. The van der Waals surface area contributed by atoms with Gasteiger partial charge in [-0.2, -0.15) is 10.1 Å². The molecule has 162 valence electrons. The third-order valence-electron chi connectivity index (χ3n) is 4.66. The molecule has 0 aliphatic carbocycles. The minimum absolute atomic E-state index is 0.0155. The summed E-state index contributed by atoms with van der Waals surface area (Å²) in [5.41, 5.74) is 2.35. The van der Waals surface area contributed by atoms with Crippen LogP contribution in [0.3, 0.4) is 0 Å². The molecule has 0 aliphatic heterocycles. The van der Waals surface area contributed by atoms with Crippen LogP contribution in [0.15, 0.2) is 72.4 Å². The predicted molar refractivity (Wildman–Crippen MR) is 121 cm³/mol. The average molecular weight is 431 g/mol. The molecule has 1 aromatic carbocycles. The largest absolute Gasteiger partial charge is 0.394 e. The third kappa shape index (κ3) is 4.71. The molecule has 4 rings (SSSR count). The zero-order valence-corrected chi connectivity index (χ0v) is 17.1. The minimum Gasteiger partial charge on any atom is -0.394 e. The van der Waals surface area contributed by atoms with Gasteiger partial charge in [-0.25, -0.2) is 4.98 Å². The highest BCUT2D eigenvalue weighted by atomic mass is 16.3. The van der Waals surface area contributed by atoms with Crippen LogP contribution in [-0.2, 0) is 17.9 Å². The number of nitrogens with zero attached hydrogens (tertiary/aromatic N) is 5. The van der Waals surface area contributed by atoms with Crippen molar-refractivity contribution in [3.05, 3.63) is 83.6 Å².